The fraction of sp³-hybridized carbons (Fsp3) is 0.364. The van der Waals surface area contributed by atoms with E-state index in [2.05, 4.69) is 31.3 Å². The molecule has 6 nitrogen and oxygen atoms in total. The minimum absolute atomic E-state index is 0.0175. The Balaban J connectivity index is 2.18. The molecule has 0 unspecified atom stereocenters. The largest absolute Gasteiger partial charge is 0.416 e. The molecule has 2 rings (SSSR count). The Bertz CT molecular complexity index is 1100. The van der Waals surface area contributed by atoms with Gasteiger partial charge in [-0.05, 0) is 41.7 Å². The maximum Gasteiger partial charge on any atom is 0.416 e. The summed E-state index contributed by atoms with van der Waals surface area (Å²) in [7, 11) is -4.03. The van der Waals surface area contributed by atoms with Gasteiger partial charge in [0, 0.05) is 0 Å². The summed E-state index contributed by atoms with van der Waals surface area (Å²) in [6.07, 6.45) is -3.84. The fourth-order valence-electron chi connectivity index (χ4n) is 2.83. The van der Waals surface area contributed by atoms with Crippen LogP contribution in [-0.4, -0.2) is 32.8 Å². The van der Waals surface area contributed by atoms with E-state index in [-0.39, 0.29) is 11.1 Å². The average molecular weight is 470 g/mol. The number of hydrazone groups is 1. The number of nitrogens with zero attached hydrogens (tertiary/aromatic N) is 2. The first kappa shape index (κ1) is 25.4. The zero-order chi connectivity index (χ0) is 24.3. The Morgan fingerprint density at radius 3 is 2.12 bits per heavy atom. The van der Waals surface area contributed by atoms with Gasteiger partial charge in [-0.1, -0.05) is 51.1 Å². The number of rotatable bonds is 6. The number of hydrogen-bond acceptors (Lipinski definition) is 4. The number of alkyl halides is 3. The molecular weight excluding hydrogens is 443 g/mol. The number of nitrogens with one attached hydrogen (secondary N) is 1. The summed E-state index contributed by atoms with van der Waals surface area (Å²) < 4.78 is 63.8. The topological polar surface area (TPSA) is 78.8 Å². The van der Waals surface area contributed by atoms with Crippen LogP contribution in [0.5, 0.6) is 0 Å². The maximum absolute atomic E-state index is 13.0. The van der Waals surface area contributed by atoms with Gasteiger partial charge in [0.15, 0.2) is 0 Å². The summed E-state index contributed by atoms with van der Waals surface area (Å²) in [6, 6.07) is 11.4. The molecule has 1 amide bonds. The van der Waals surface area contributed by atoms with E-state index in [1.165, 1.54) is 6.07 Å². The van der Waals surface area contributed by atoms with Crippen molar-refractivity contribution >= 4 is 27.3 Å². The summed E-state index contributed by atoms with van der Waals surface area (Å²) in [4.78, 5) is 12.3. The molecule has 0 fully saturated rings. The van der Waals surface area contributed by atoms with E-state index in [0.717, 1.165) is 29.5 Å². The first-order valence-electron chi connectivity index (χ1n) is 9.68. The van der Waals surface area contributed by atoms with Crippen molar-refractivity contribution in [1.29, 1.82) is 0 Å². The third-order valence-electron chi connectivity index (χ3n) is 4.67. The van der Waals surface area contributed by atoms with Gasteiger partial charge in [-0.15, -0.1) is 0 Å². The maximum atomic E-state index is 13.0. The third kappa shape index (κ3) is 6.81. The van der Waals surface area contributed by atoms with E-state index >= 15 is 0 Å². The van der Waals surface area contributed by atoms with Gasteiger partial charge in [-0.3, -0.25) is 9.10 Å². The highest BCUT2D eigenvalue weighted by molar-refractivity contribution is 7.92. The predicted molar refractivity (Wildman–Crippen MR) is 119 cm³/mol. The van der Waals surface area contributed by atoms with Gasteiger partial charge in [0.1, 0.15) is 6.54 Å². The van der Waals surface area contributed by atoms with Gasteiger partial charge < -0.3 is 0 Å². The molecule has 0 aliphatic rings. The molecule has 0 aliphatic carbocycles. The Labute approximate surface area is 186 Å². The number of halogens is 3. The van der Waals surface area contributed by atoms with Crippen LogP contribution in [0.1, 0.15) is 44.4 Å². The SMILES string of the molecule is C/C(=N/NC(=O)CN(c1cccc(C(F)(F)F)c1)S(C)(=O)=O)c1ccc(C(C)(C)C)cc1. The fourth-order valence-corrected chi connectivity index (χ4v) is 3.67. The highest BCUT2D eigenvalue weighted by atomic mass is 32.2. The van der Waals surface area contributed by atoms with Gasteiger partial charge >= 0.3 is 6.18 Å². The summed E-state index contributed by atoms with van der Waals surface area (Å²) in [5.74, 6) is -0.793. The van der Waals surface area contributed by atoms with E-state index in [0.29, 0.717) is 16.1 Å². The molecule has 0 atom stereocenters. The lowest BCUT2D eigenvalue weighted by molar-refractivity contribution is -0.137. The number of sulfonamides is 1. The number of hydrogen-bond donors (Lipinski definition) is 1. The van der Waals surface area contributed by atoms with Crippen molar-refractivity contribution in [3.05, 3.63) is 65.2 Å². The first-order chi connectivity index (χ1) is 14.6. The second-order valence-corrected chi connectivity index (χ2v) is 10.3. The minimum Gasteiger partial charge on any atom is -0.271 e. The normalized spacial score (nSPS) is 13.1. The van der Waals surface area contributed by atoms with E-state index in [1.807, 2.05) is 24.3 Å². The van der Waals surface area contributed by atoms with Crippen LogP contribution in [0.4, 0.5) is 18.9 Å². The van der Waals surface area contributed by atoms with Crippen LogP contribution >= 0.6 is 0 Å². The Morgan fingerprint density at radius 2 is 1.62 bits per heavy atom. The molecule has 0 saturated carbocycles. The van der Waals surface area contributed by atoms with E-state index < -0.39 is 34.2 Å². The van der Waals surface area contributed by atoms with E-state index in [9.17, 15) is 26.4 Å². The van der Waals surface area contributed by atoms with Gasteiger partial charge in [-0.25, -0.2) is 13.8 Å². The molecule has 174 valence electrons. The molecule has 32 heavy (non-hydrogen) atoms. The highest BCUT2D eigenvalue weighted by Gasteiger charge is 2.32. The predicted octanol–water partition coefficient (Wildman–Crippen LogP) is 4.31. The standard InChI is InChI=1S/C22H26F3N3O3S/c1-15(16-9-11-17(12-10-16)21(2,3)4)26-27-20(29)14-28(32(5,30)31)19-8-6-7-18(13-19)22(23,24)25/h6-13H,14H2,1-5H3,(H,27,29)/b26-15-. The van der Waals surface area contributed by atoms with Crippen molar-refractivity contribution in [2.24, 2.45) is 5.10 Å². The second kappa shape index (κ2) is 9.32. The number of benzene rings is 2. The molecule has 0 aromatic heterocycles. The molecular formula is C22H26F3N3O3S. The van der Waals surface area contributed by atoms with Gasteiger partial charge in [0.2, 0.25) is 10.0 Å². The van der Waals surface area contributed by atoms with Crippen molar-refractivity contribution in [2.75, 3.05) is 17.1 Å². The van der Waals surface area contributed by atoms with Gasteiger partial charge in [0.25, 0.3) is 5.91 Å². The van der Waals surface area contributed by atoms with Crippen molar-refractivity contribution in [3.8, 4) is 0 Å². The second-order valence-electron chi connectivity index (χ2n) is 8.38. The van der Waals surface area contributed by atoms with Crippen molar-refractivity contribution < 1.29 is 26.4 Å². The minimum atomic E-state index is -4.65. The Morgan fingerprint density at radius 1 is 1.03 bits per heavy atom. The lowest BCUT2D eigenvalue weighted by Crippen LogP contribution is -2.39. The van der Waals surface area contributed by atoms with Gasteiger partial charge in [0.05, 0.1) is 23.2 Å². The average Bonchev–Trinajstić information content (AvgIpc) is 2.68. The van der Waals surface area contributed by atoms with Crippen LogP contribution in [-0.2, 0) is 26.4 Å². The van der Waals surface area contributed by atoms with Crippen LogP contribution in [0.2, 0.25) is 0 Å². The molecule has 10 heteroatoms. The van der Waals surface area contributed by atoms with E-state index in [4.69, 9.17) is 0 Å². The summed E-state index contributed by atoms with van der Waals surface area (Å²) in [5, 5.41) is 3.99. The lowest BCUT2D eigenvalue weighted by Gasteiger charge is -2.22. The molecule has 2 aromatic rings. The van der Waals surface area contributed by atoms with Crippen LogP contribution in [0.15, 0.2) is 53.6 Å². The summed E-state index contributed by atoms with van der Waals surface area (Å²) >= 11 is 0. The summed E-state index contributed by atoms with van der Waals surface area (Å²) in [6.45, 7) is 7.21. The molecule has 0 aliphatic heterocycles. The molecule has 0 saturated heterocycles. The van der Waals surface area contributed by atoms with Crippen LogP contribution in [0.3, 0.4) is 0 Å². The first-order valence-corrected chi connectivity index (χ1v) is 11.5. The lowest BCUT2D eigenvalue weighted by atomic mass is 9.86. The van der Waals surface area contributed by atoms with Crippen molar-refractivity contribution in [3.63, 3.8) is 0 Å². The Hall–Kier alpha value is -2.88. The highest BCUT2D eigenvalue weighted by Crippen LogP contribution is 2.32. The monoisotopic (exact) mass is 469 g/mol. The van der Waals surface area contributed by atoms with Gasteiger partial charge in [-0.2, -0.15) is 18.3 Å². The van der Waals surface area contributed by atoms with E-state index in [1.54, 1.807) is 6.92 Å². The number of carbonyl (C=O) groups excluding carboxylic acids is 1. The van der Waals surface area contributed by atoms with Crippen molar-refractivity contribution in [2.45, 2.75) is 39.3 Å². The molecule has 0 heterocycles. The number of amides is 1. The molecule has 0 radical (unpaired) electrons. The molecule has 0 spiro atoms. The Kier molecular flexibility index (Phi) is 7.39. The zero-order valence-electron chi connectivity index (χ0n) is 18.5. The number of carbonyl (C=O) groups is 1. The number of anilines is 1. The quantitative estimate of drug-likeness (QED) is 0.506. The molecule has 0 bridgehead atoms. The summed E-state index contributed by atoms with van der Waals surface area (Å²) in [5.41, 5.74) is 3.34. The molecule has 1 N–H and O–H groups in total. The zero-order valence-corrected chi connectivity index (χ0v) is 19.3. The van der Waals surface area contributed by atoms with Crippen LogP contribution < -0.4 is 9.73 Å². The van der Waals surface area contributed by atoms with Crippen LogP contribution in [0, 0.1) is 0 Å². The smallest absolute Gasteiger partial charge is 0.271 e. The van der Waals surface area contributed by atoms with Crippen molar-refractivity contribution in [1.82, 2.24) is 5.43 Å². The third-order valence-corrected chi connectivity index (χ3v) is 5.81. The molecule has 2 aromatic carbocycles. The van der Waals surface area contributed by atoms with Crippen LogP contribution in [0.25, 0.3) is 0 Å².